The lowest BCUT2D eigenvalue weighted by Gasteiger charge is -2.27. The lowest BCUT2D eigenvalue weighted by atomic mass is 10.2. The van der Waals surface area contributed by atoms with Crippen molar-refractivity contribution in [1.82, 2.24) is 24.1 Å². The minimum Gasteiger partial charge on any atom is -0.325 e. The lowest BCUT2D eigenvalue weighted by Crippen LogP contribution is -2.42. The zero-order valence-electron chi connectivity index (χ0n) is 17.2. The van der Waals surface area contributed by atoms with Gasteiger partial charge < -0.3 is 5.32 Å². The monoisotopic (exact) mass is 424 g/mol. The van der Waals surface area contributed by atoms with Gasteiger partial charge in [-0.1, -0.05) is 25.1 Å². The molecule has 4 aromatic rings. The van der Waals surface area contributed by atoms with Crippen LogP contribution < -0.4 is 10.9 Å². The molecule has 3 heterocycles. The summed E-state index contributed by atoms with van der Waals surface area (Å²) in [4.78, 5) is 27.5. The summed E-state index contributed by atoms with van der Waals surface area (Å²) in [6.45, 7) is 5.16. The topological polar surface area (TPSA) is 84.5 Å². The first-order valence-corrected chi connectivity index (χ1v) is 10.8. The first-order chi connectivity index (χ1) is 14.5. The van der Waals surface area contributed by atoms with E-state index in [9.17, 15) is 9.59 Å². The summed E-state index contributed by atoms with van der Waals surface area (Å²) in [7, 11) is 1.70. The first kappa shape index (κ1) is 20.2. The third-order valence-corrected chi connectivity index (χ3v) is 6.11. The van der Waals surface area contributed by atoms with Crippen LogP contribution in [0, 0.1) is 0 Å². The van der Waals surface area contributed by atoms with Crippen LogP contribution in [0.3, 0.4) is 0 Å². The molecule has 0 aliphatic carbocycles. The van der Waals surface area contributed by atoms with Crippen LogP contribution in [0.2, 0.25) is 0 Å². The van der Waals surface area contributed by atoms with Crippen molar-refractivity contribution in [1.29, 1.82) is 0 Å². The highest BCUT2D eigenvalue weighted by atomic mass is 32.1. The number of para-hydroxylation sites is 1. The van der Waals surface area contributed by atoms with Gasteiger partial charge in [0.2, 0.25) is 11.7 Å². The maximum absolute atomic E-state index is 12.9. The van der Waals surface area contributed by atoms with Crippen molar-refractivity contribution in [2.75, 3.05) is 11.9 Å². The SMILES string of the molecule is CCCN(Cc1nnc2n(C)c(=O)c3sccc3n12)C(C)C(=O)Nc1ccccc1. The van der Waals surface area contributed by atoms with Crippen molar-refractivity contribution in [3.8, 4) is 0 Å². The second-order valence-corrected chi connectivity index (χ2v) is 8.17. The minimum absolute atomic E-state index is 0.0726. The Morgan fingerprint density at radius 2 is 2.00 bits per heavy atom. The number of amides is 1. The van der Waals surface area contributed by atoms with Crippen LogP contribution in [0.1, 0.15) is 26.1 Å². The van der Waals surface area contributed by atoms with Crippen LogP contribution in [-0.4, -0.2) is 42.6 Å². The van der Waals surface area contributed by atoms with Gasteiger partial charge in [0.25, 0.3) is 5.56 Å². The predicted molar refractivity (Wildman–Crippen MR) is 119 cm³/mol. The fourth-order valence-corrected chi connectivity index (χ4v) is 4.42. The highest BCUT2D eigenvalue weighted by Crippen LogP contribution is 2.20. The van der Waals surface area contributed by atoms with Gasteiger partial charge in [0.1, 0.15) is 4.70 Å². The van der Waals surface area contributed by atoms with Crippen molar-refractivity contribution >= 4 is 38.9 Å². The first-order valence-electron chi connectivity index (χ1n) is 9.91. The molecule has 0 fully saturated rings. The normalized spacial score (nSPS) is 12.7. The number of thiophene rings is 1. The molecule has 0 saturated carbocycles. The third-order valence-electron chi connectivity index (χ3n) is 5.22. The highest BCUT2D eigenvalue weighted by Gasteiger charge is 2.24. The van der Waals surface area contributed by atoms with E-state index in [4.69, 9.17) is 0 Å². The molecular weight excluding hydrogens is 400 g/mol. The zero-order valence-corrected chi connectivity index (χ0v) is 18.0. The van der Waals surface area contributed by atoms with Crippen LogP contribution in [0.5, 0.6) is 0 Å². The van der Waals surface area contributed by atoms with E-state index < -0.39 is 0 Å². The summed E-state index contributed by atoms with van der Waals surface area (Å²) in [5.41, 5.74) is 1.50. The van der Waals surface area contributed by atoms with E-state index >= 15 is 0 Å². The molecule has 1 unspecified atom stereocenters. The molecule has 0 saturated heterocycles. The molecule has 0 aliphatic rings. The second kappa shape index (κ2) is 8.37. The maximum atomic E-state index is 12.9. The Kier molecular flexibility index (Phi) is 5.65. The second-order valence-electron chi connectivity index (χ2n) is 7.25. The molecular formula is C21H24N6O2S. The van der Waals surface area contributed by atoms with Gasteiger partial charge in [-0.25, -0.2) is 0 Å². The zero-order chi connectivity index (χ0) is 21.3. The summed E-state index contributed by atoms with van der Waals surface area (Å²) in [6, 6.07) is 11.0. The number of nitrogens with one attached hydrogen (secondary N) is 1. The van der Waals surface area contributed by atoms with E-state index in [0.29, 0.717) is 22.8 Å². The van der Waals surface area contributed by atoms with Crippen molar-refractivity contribution in [3.05, 3.63) is 58.0 Å². The number of anilines is 1. The molecule has 1 aromatic carbocycles. The van der Waals surface area contributed by atoms with Gasteiger partial charge in [0, 0.05) is 12.7 Å². The molecule has 1 N–H and O–H groups in total. The van der Waals surface area contributed by atoms with E-state index in [1.165, 1.54) is 15.9 Å². The predicted octanol–water partition coefficient (Wildman–Crippen LogP) is 2.88. The number of aromatic nitrogens is 4. The maximum Gasteiger partial charge on any atom is 0.272 e. The van der Waals surface area contributed by atoms with Crippen LogP contribution in [0.4, 0.5) is 5.69 Å². The average molecular weight is 425 g/mol. The molecule has 9 heteroatoms. The lowest BCUT2D eigenvalue weighted by molar-refractivity contribution is -0.121. The molecule has 0 aliphatic heterocycles. The highest BCUT2D eigenvalue weighted by molar-refractivity contribution is 7.17. The van der Waals surface area contributed by atoms with Gasteiger partial charge in [-0.05, 0) is 43.5 Å². The van der Waals surface area contributed by atoms with Gasteiger partial charge >= 0.3 is 0 Å². The molecule has 3 aromatic heterocycles. The van der Waals surface area contributed by atoms with Crippen molar-refractivity contribution < 1.29 is 4.79 Å². The summed E-state index contributed by atoms with van der Waals surface area (Å²) in [5.74, 6) is 1.13. The van der Waals surface area contributed by atoms with Gasteiger partial charge in [-0.2, -0.15) is 0 Å². The smallest absolute Gasteiger partial charge is 0.272 e. The van der Waals surface area contributed by atoms with E-state index in [0.717, 1.165) is 24.2 Å². The Morgan fingerprint density at radius 3 is 2.73 bits per heavy atom. The Labute approximate surface area is 177 Å². The van der Waals surface area contributed by atoms with E-state index in [1.54, 1.807) is 7.05 Å². The van der Waals surface area contributed by atoms with E-state index in [2.05, 4.69) is 27.3 Å². The van der Waals surface area contributed by atoms with Crippen molar-refractivity contribution in [2.24, 2.45) is 7.05 Å². The number of fused-ring (bicyclic) bond motifs is 3. The molecule has 8 nitrogen and oxygen atoms in total. The number of rotatable bonds is 7. The Bertz CT molecular complexity index is 1240. The summed E-state index contributed by atoms with van der Waals surface area (Å²) in [5, 5.41) is 13.5. The molecule has 0 spiro atoms. The number of carbonyl (C=O) groups excluding carboxylic acids is 1. The van der Waals surface area contributed by atoms with E-state index in [-0.39, 0.29) is 17.5 Å². The van der Waals surface area contributed by atoms with Crippen LogP contribution in [0.15, 0.2) is 46.6 Å². The molecule has 0 radical (unpaired) electrons. The number of carbonyl (C=O) groups is 1. The number of benzene rings is 1. The van der Waals surface area contributed by atoms with Gasteiger partial charge in [0.15, 0.2) is 5.82 Å². The third kappa shape index (κ3) is 3.61. The van der Waals surface area contributed by atoms with Crippen LogP contribution in [-0.2, 0) is 18.4 Å². The van der Waals surface area contributed by atoms with Crippen LogP contribution in [0.25, 0.3) is 16.0 Å². The van der Waals surface area contributed by atoms with Gasteiger partial charge in [-0.3, -0.25) is 23.5 Å². The Balaban J connectivity index is 1.66. The quantitative estimate of drug-likeness (QED) is 0.493. The fourth-order valence-electron chi connectivity index (χ4n) is 3.57. The summed E-state index contributed by atoms with van der Waals surface area (Å²) in [6.07, 6.45) is 0.895. The average Bonchev–Trinajstić information content (AvgIpc) is 3.39. The molecule has 0 bridgehead atoms. The number of nitrogens with zero attached hydrogens (tertiary/aromatic N) is 5. The van der Waals surface area contributed by atoms with Gasteiger partial charge in [-0.15, -0.1) is 21.5 Å². The van der Waals surface area contributed by atoms with Crippen molar-refractivity contribution in [3.63, 3.8) is 0 Å². The fraction of sp³-hybridized carbons (Fsp3) is 0.333. The minimum atomic E-state index is -0.358. The Hall–Kier alpha value is -3.04. The standard InChI is InChI=1S/C21H24N6O2S/c1-4-11-26(14(2)19(28)22-15-8-6-5-7-9-15)13-17-23-24-21-25(3)20(29)18-16(27(17)21)10-12-30-18/h5-10,12,14H,4,11,13H2,1-3H3,(H,22,28). The van der Waals surface area contributed by atoms with E-state index in [1.807, 2.05) is 53.1 Å². The molecule has 30 heavy (non-hydrogen) atoms. The molecule has 156 valence electrons. The molecule has 1 atom stereocenters. The van der Waals surface area contributed by atoms with Gasteiger partial charge in [0.05, 0.1) is 18.1 Å². The molecule has 4 rings (SSSR count). The number of hydrogen-bond donors (Lipinski definition) is 1. The largest absolute Gasteiger partial charge is 0.325 e. The Morgan fingerprint density at radius 1 is 1.23 bits per heavy atom. The molecule has 1 amide bonds. The number of aryl methyl sites for hydroxylation is 1. The summed E-state index contributed by atoms with van der Waals surface area (Å²) >= 11 is 1.41. The van der Waals surface area contributed by atoms with Crippen LogP contribution >= 0.6 is 11.3 Å². The summed E-state index contributed by atoms with van der Waals surface area (Å²) < 4.78 is 4.10. The number of hydrogen-bond acceptors (Lipinski definition) is 6. The van der Waals surface area contributed by atoms with Crippen molar-refractivity contribution in [2.45, 2.75) is 32.9 Å².